The highest BCUT2D eigenvalue weighted by Crippen LogP contribution is 2.20. The molecule has 3 nitrogen and oxygen atoms in total. The first-order valence-corrected chi connectivity index (χ1v) is 5.47. The van der Waals surface area contributed by atoms with Crippen LogP contribution < -0.4 is 11.1 Å². The van der Waals surface area contributed by atoms with E-state index in [1.54, 1.807) is 12.3 Å². The van der Waals surface area contributed by atoms with Crippen LogP contribution in [-0.2, 0) is 6.54 Å². The van der Waals surface area contributed by atoms with Crippen molar-refractivity contribution in [1.29, 1.82) is 0 Å². The number of hydrogen-bond donors (Lipinski definition) is 2. The second-order valence-electron chi connectivity index (χ2n) is 3.98. The quantitative estimate of drug-likeness (QED) is 0.879. The van der Waals surface area contributed by atoms with Gasteiger partial charge in [-0.3, -0.25) is 0 Å². The number of halogens is 2. The largest absolute Gasteiger partial charge is 0.396 e. The van der Waals surface area contributed by atoms with Crippen molar-refractivity contribution < 1.29 is 8.78 Å². The lowest BCUT2D eigenvalue weighted by molar-refractivity contribution is 0.574. The molecule has 5 heteroatoms. The molecule has 1 heterocycles. The van der Waals surface area contributed by atoms with Crippen molar-refractivity contribution in [2.75, 3.05) is 11.1 Å². The number of aromatic nitrogens is 1. The predicted octanol–water partition coefficient (Wildman–Crippen LogP) is 2.86. The van der Waals surface area contributed by atoms with Gasteiger partial charge < -0.3 is 11.1 Å². The van der Waals surface area contributed by atoms with Crippen LogP contribution in [0.5, 0.6) is 0 Å². The lowest BCUT2D eigenvalue weighted by Crippen LogP contribution is -2.07. The van der Waals surface area contributed by atoms with Crippen LogP contribution in [0.15, 0.2) is 30.5 Å². The molecule has 0 saturated heterocycles. The molecule has 18 heavy (non-hydrogen) atoms. The molecule has 0 aliphatic heterocycles. The first-order chi connectivity index (χ1) is 8.58. The van der Waals surface area contributed by atoms with Crippen molar-refractivity contribution in [3.05, 3.63) is 53.2 Å². The summed E-state index contributed by atoms with van der Waals surface area (Å²) in [5.74, 6) is -0.683. The lowest BCUT2D eigenvalue weighted by atomic mass is 10.2. The molecule has 1 aromatic carbocycles. The van der Waals surface area contributed by atoms with Gasteiger partial charge in [-0.05, 0) is 24.6 Å². The molecule has 2 aromatic rings. The zero-order chi connectivity index (χ0) is 13.1. The molecule has 3 N–H and O–H groups in total. The smallest absolute Gasteiger partial charge is 0.149 e. The molecule has 0 spiro atoms. The first kappa shape index (κ1) is 12.3. The molecular formula is C13H13F2N3. The monoisotopic (exact) mass is 249 g/mol. The summed E-state index contributed by atoms with van der Waals surface area (Å²) in [5, 5.41) is 2.93. The van der Waals surface area contributed by atoms with Crippen LogP contribution in [0.1, 0.15) is 11.1 Å². The van der Waals surface area contributed by atoms with E-state index in [4.69, 9.17) is 5.73 Å². The van der Waals surface area contributed by atoms with Crippen molar-refractivity contribution in [1.82, 2.24) is 4.98 Å². The fraction of sp³-hybridized carbons (Fsp3) is 0.154. The number of nitrogen functional groups attached to an aromatic ring is 1. The summed E-state index contributed by atoms with van der Waals surface area (Å²) >= 11 is 0. The van der Waals surface area contributed by atoms with Gasteiger partial charge in [0.1, 0.15) is 17.5 Å². The Hall–Kier alpha value is -2.17. The third-order valence-electron chi connectivity index (χ3n) is 2.67. The van der Waals surface area contributed by atoms with E-state index in [-0.39, 0.29) is 6.54 Å². The SMILES string of the molecule is Cc1ccnc(NCc2ccc(F)cc2F)c1N. The number of pyridine rings is 1. The first-order valence-electron chi connectivity index (χ1n) is 5.47. The zero-order valence-corrected chi connectivity index (χ0v) is 9.87. The van der Waals surface area contributed by atoms with E-state index in [0.717, 1.165) is 11.6 Å². The third kappa shape index (κ3) is 2.56. The molecule has 0 unspecified atom stereocenters. The molecule has 0 atom stereocenters. The van der Waals surface area contributed by atoms with Gasteiger partial charge in [0.25, 0.3) is 0 Å². The highest BCUT2D eigenvalue weighted by Gasteiger charge is 2.06. The van der Waals surface area contributed by atoms with E-state index in [2.05, 4.69) is 10.3 Å². The minimum absolute atomic E-state index is 0.201. The molecule has 0 radical (unpaired) electrons. The highest BCUT2D eigenvalue weighted by molar-refractivity contribution is 5.64. The average Bonchev–Trinajstić information content (AvgIpc) is 2.33. The fourth-order valence-corrected chi connectivity index (χ4v) is 1.55. The standard InChI is InChI=1S/C13H13F2N3/c1-8-4-5-17-13(12(8)16)18-7-9-2-3-10(14)6-11(9)15/h2-6H,7,16H2,1H3,(H,17,18). The molecular weight excluding hydrogens is 236 g/mol. The fourth-order valence-electron chi connectivity index (χ4n) is 1.55. The van der Waals surface area contributed by atoms with E-state index in [1.165, 1.54) is 12.1 Å². The van der Waals surface area contributed by atoms with Gasteiger partial charge in [0, 0.05) is 24.4 Å². The Morgan fingerprint density at radius 3 is 2.78 bits per heavy atom. The maximum Gasteiger partial charge on any atom is 0.149 e. The predicted molar refractivity (Wildman–Crippen MR) is 67.1 cm³/mol. The van der Waals surface area contributed by atoms with E-state index >= 15 is 0 Å². The van der Waals surface area contributed by atoms with Gasteiger partial charge in [-0.2, -0.15) is 0 Å². The second kappa shape index (κ2) is 5.00. The molecule has 0 amide bonds. The van der Waals surface area contributed by atoms with Crippen LogP contribution in [0, 0.1) is 18.6 Å². The van der Waals surface area contributed by atoms with Gasteiger partial charge in [0.05, 0.1) is 5.69 Å². The van der Waals surface area contributed by atoms with Crippen molar-refractivity contribution >= 4 is 11.5 Å². The van der Waals surface area contributed by atoms with Crippen LogP contribution in [-0.4, -0.2) is 4.98 Å². The van der Waals surface area contributed by atoms with Gasteiger partial charge in [-0.1, -0.05) is 6.07 Å². The summed E-state index contributed by atoms with van der Waals surface area (Å²) in [5.41, 5.74) is 7.61. The van der Waals surface area contributed by atoms with Crippen LogP contribution in [0.2, 0.25) is 0 Å². The second-order valence-corrected chi connectivity index (χ2v) is 3.98. The van der Waals surface area contributed by atoms with E-state index < -0.39 is 11.6 Å². The van der Waals surface area contributed by atoms with E-state index in [0.29, 0.717) is 17.1 Å². The van der Waals surface area contributed by atoms with Gasteiger partial charge in [0.15, 0.2) is 0 Å². The Morgan fingerprint density at radius 2 is 2.06 bits per heavy atom. The van der Waals surface area contributed by atoms with Crippen molar-refractivity contribution in [3.8, 4) is 0 Å². The van der Waals surface area contributed by atoms with E-state index in [1.807, 2.05) is 6.92 Å². The molecule has 2 rings (SSSR count). The summed E-state index contributed by atoms with van der Waals surface area (Å²) in [7, 11) is 0. The number of nitrogens with zero attached hydrogens (tertiary/aromatic N) is 1. The van der Waals surface area contributed by atoms with Crippen LogP contribution in [0.25, 0.3) is 0 Å². The van der Waals surface area contributed by atoms with Crippen molar-refractivity contribution in [2.45, 2.75) is 13.5 Å². The van der Waals surface area contributed by atoms with Gasteiger partial charge in [-0.15, -0.1) is 0 Å². The highest BCUT2D eigenvalue weighted by atomic mass is 19.1. The number of hydrogen-bond acceptors (Lipinski definition) is 3. The van der Waals surface area contributed by atoms with Crippen molar-refractivity contribution in [2.24, 2.45) is 0 Å². The maximum absolute atomic E-state index is 13.4. The topological polar surface area (TPSA) is 50.9 Å². The Balaban J connectivity index is 2.14. The van der Waals surface area contributed by atoms with Gasteiger partial charge >= 0.3 is 0 Å². The van der Waals surface area contributed by atoms with E-state index in [9.17, 15) is 8.78 Å². The van der Waals surface area contributed by atoms with Crippen LogP contribution in [0.4, 0.5) is 20.3 Å². The van der Waals surface area contributed by atoms with Crippen LogP contribution >= 0.6 is 0 Å². The van der Waals surface area contributed by atoms with Gasteiger partial charge in [-0.25, -0.2) is 13.8 Å². The number of rotatable bonds is 3. The molecule has 1 aromatic heterocycles. The minimum atomic E-state index is -0.593. The maximum atomic E-state index is 13.4. The Morgan fingerprint density at radius 1 is 1.28 bits per heavy atom. The molecule has 94 valence electrons. The zero-order valence-electron chi connectivity index (χ0n) is 9.87. The summed E-state index contributed by atoms with van der Waals surface area (Å²) in [6, 6.07) is 5.25. The normalized spacial score (nSPS) is 10.4. The Kier molecular flexibility index (Phi) is 3.41. The molecule has 0 aliphatic carbocycles. The summed E-state index contributed by atoms with van der Waals surface area (Å²) in [4.78, 5) is 4.07. The average molecular weight is 249 g/mol. The lowest BCUT2D eigenvalue weighted by Gasteiger charge is -2.10. The molecule has 0 aliphatic rings. The summed E-state index contributed by atoms with van der Waals surface area (Å²) in [6.07, 6.45) is 1.62. The number of nitrogens with two attached hydrogens (primary N) is 1. The number of benzene rings is 1. The Bertz CT molecular complexity index is 570. The van der Waals surface area contributed by atoms with Crippen LogP contribution in [0.3, 0.4) is 0 Å². The molecule has 0 bridgehead atoms. The number of anilines is 2. The van der Waals surface area contributed by atoms with Gasteiger partial charge in [0.2, 0.25) is 0 Å². The molecule has 0 fully saturated rings. The molecule has 0 saturated carbocycles. The summed E-state index contributed by atoms with van der Waals surface area (Å²) in [6.45, 7) is 2.06. The number of aryl methyl sites for hydroxylation is 1. The third-order valence-corrected chi connectivity index (χ3v) is 2.67. The summed E-state index contributed by atoms with van der Waals surface area (Å²) < 4.78 is 26.1. The van der Waals surface area contributed by atoms with Crippen molar-refractivity contribution in [3.63, 3.8) is 0 Å². The number of nitrogens with one attached hydrogen (secondary N) is 1. The minimum Gasteiger partial charge on any atom is -0.396 e. The Labute approximate surface area is 104 Å².